The van der Waals surface area contributed by atoms with Gasteiger partial charge in [0.1, 0.15) is 6.29 Å². The van der Waals surface area contributed by atoms with Crippen LogP contribution in [0.4, 0.5) is 0 Å². The average molecular weight is 158 g/mol. The summed E-state index contributed by atoms with van der Waals surface area (Å²) >= 11 is 0. The Morgan fingerprint density at radius 1 is 1.55 bits per heavy atom. The summed E-state index contributed by atoms with van der Waals surface area (Å²) in [7, 11) is 1.32. The van der Waals surface area contributed by atoms with Crippen LogP contribution in [-0.2, 0) is 14.3 Å². The predicted octanol–water partition coefficient (Wildman–Crippen LogP) is 1.02. The fourth-order valence-corrected chi connectivity index (χ4v) is 0.717. The normalized spacial score (nSPS) is 12.7. The molecule has 0 aromatic heterocycles. The van der Waals surface area contributed by atoms with Crippen LogP contribution >= 0.6 is 0 Å². The molecule has 0 aromatic rings. The molecule has 64 valence electrons. The number of methoxy groups -OCH3 is 1. The van der Waals surface area contributed by atoms with Crippen LogP contribution in [0.25, 0.3) is 0 Å². The molecule has 0 unspecified atom stereocenters. The molecule has 11 heavy (non-hydrogen) atoms. The minimum absolute atomic E-state index is 0.192. The Kier molecular flexibility index (Phi) is 4.50. The van der Waals surface area contributed by atoms with Gasteiger partial charge in [0.2, 0.25) is 0 Å². The lowest BCUT2D eigenvalue weighted by Gasteiger charge is -2.11. The number of carbonyl (C=O) groups is 2. The van der Waals surface area contributed by atoms with Gasteiger partial charge in [-0.3, -0.25) is 4.79 Å². The third-order valence-electron chi connectivity index (χ3n) is 1.66. The first-order valence-corrected chi connectivity index (χ1v) is 3.64. The molecule has 3 heteroatoms. The fourth-order valence-electron chi connectivity index (χ4n) is 0.717. The lowest BCUT2D eigenvalue weighted by Crippen LogP contribution is -2.16. The van der Waals surface area contributed by atoms with Gasteiger partial charge in [-0.15, -0.1) is 0 Å². The topological polar surface area (TPSA) is 43.4 Å². The second-order valence-corrected chi connectivity index (χ2v) is 2.82. The molecule has 0 radical (unpaired) electrons. The summed E-state index contributed by atoms with van der Waals surface area (Å²) < 4.78 is 4.43. The molecule has 0 bridgehead atoms. The third kappa shape index (κ3) is 3.75. The second-order valence-electron chi connectivity index (χ2n) is 2.82. The van der Waals surface area contributed by atoms with Gasteiger partial charge in [-0.25, -0.2) is 0 Å². The van der Waals surface area contributed by atoms with Gasteiger partial charge in [0.15, 0.2) is 0 Å². The summed E-state index contributed by atoms with van der Waals surface area (Å²) in [5.41, 5.74) is 0. The monoisotopic (exact) mass is 158 g/mol. The van der Waals surface area contributed by atoms with Crippen molar-refractivity contribution in [3.05, 3.63) is 0 Å². The van der Waals surface area contributed by atoms with Crippen LogP contribution in [0.15, 0.2) is 0 Å². The molecule has 0 amide bonds. The third-order valence-corrected chi connectivity index (χ3v) is 1.66. The van der Waals surface area contributed by atoms with Gasteiger partial charge in [0.05, 0.1) is 13.5 Å². The number of rotatable bonds is 4. The van der Waals surface area contributed by atoms with E-state index in [0.717, 1.165) is 6.29 Å². The van der Waals surface area contributed by atoms with Crippen LogP contribution in [0, 0.1) is 11.8 Å². The maximum absolute atomic E-state index is 10.7. The number of esters is 1. The molecule has 0 aromatic carbocycles. The van der Waals surface area contributed by atoms with Gasteiger partial charge in [-0.05, 0) is 5.92 Å². The number of aldehydes is 1. The van der Waals surface area contributed by atoms with Gasteiger partial charge < -0.3 is 9.53 Å². The van der Waals surface area contributed by atoms with Crippen LogP contribution in [0.2, 0.25) is 0 Å². The molecule has 0 aliphatic heterocycles. The molecule has 0 aliphatic rings. The van der Waals surface area contributed by atoms with E-state index in [2.05, 4.69) is 4.74 Å². The molecular weight excluding hydrogens is 144 g/mol. The van der Waals surface area contributed by atoms with Gasteiger partial charge in [-0.1, -0.05) is 13.8 Å². The number of hydrogen-bond donors (Lipinski definition) is 0. The van der Waals surface area contributed by atoms with Gasteiger partial charge in [0, 0.05) is 5.92 Å². The van der Waals surface area contributed by atoms with Gasteiger partial charge in [-0.2, -0.15) is 0 Å². The fraction of sp³-hybridized carbons (Fsp3) is 0.750. The quantitative estimate of drug-likeness (QED) is 0.453. The number of ether oxygens (including phenoxy) is 1. The van der Waals surface area contributed by atoms with Crippen molar-refractivity contribution in [2.75, 3.05) is 7.11 Å². The van der Waals surface area contributed by atoms with E-state index in [1.165, 1.54) is 7.11 Å². The largest absolute Gasteiger partial charge is 0.469 e. The summed E-state index contributed by atoms with van der Waals surface area (Å²) in [5, 5.41) is 0. The van der Waals surface area contributed by atoms with Crippen LogP contribution < -0.4 is 0 Å². The Morgan fingerprint density at radius 3 is 2.36 bits per heavy atom. The van der Waals surface area contributed by atoms with Crippen molar-refractivity contribution in [2.24, 2.45) is 11.8 Å². The first kappa shape index (κ1) is 10.1. The molecule has 0 rings (SSSR count). The summed E-state index contributed by atoms with van der Waals surface area (Å²) in [6, 6.07) is 0. The first-order valence-electron chi connectivity index (χ1n) is 3.64. The van der Waals surface area contributed by atoms with Crippen molar-refractivity contribution in [1.82, 2.24) is 0 Å². The van der Waals surface area contributed by atoms with E-state index in [1.807, 2.05) is 13.8 Å². The van der Waals surface area contributed by atoms with Crippen molar-refractivity contribution in [1.29, 1.82) is 0 Å². The summed E-state index contributed by atoms with van der Waals surface area (Å²) in [5.74, 6) is -0.329. The lowest BCUT2D eigenvalue weighted by atomic mass is 9.94. The minimum Gasteiger partial charge on any atom is -0.469 e. The maximum atomic E-state index is 10.7. The van der Waals surface area contributed by atoms with E-state index in [-0.39, 0.29) is 24.2 Å². The van der Waals surface area contributed by atoms with Crippen LogP contribution in [0.5, 0.6) is 0 Å². The van der Waals surface area contributed by atoms with Gasteiger partial charge >= 0.3 is 5.97 Å². The summed E-state index contributed by atoms with van der Waals surface area (Å²) in [6.45, 7) is 3.81. The Balaban J connectivity index is 3.87. The molecule has 0 saturated carbocycles. The maximum Gasteiger partial charge on any atom is 0.306 e. The second kappa shape index (κ2) is 4.88. The molecule has 0 N–H and O–H groups in total. The zero-order valence-corrected chi connectivity index (χ0v) is 7.16. The highest BCUT2D eigenvalue weighted by atomic mass is 16.5. The SMILES string of the molecule is COC(=O)C[C@H](C=O)C(C)C. The van der Waals surface area contributed by atoms with E-state index in [4.69, 9.17) is 0 Å². The molecule has 0 aliphatic carbocycles. The van der Waals surface area contributed by atoms with E-state index < -0.39 is 0 Å². The van der Waals surface area contributed by atoms with Crippen molar-refractivity contribution >= 4 is 12.3 Å². The summed E-state index contributed by atoms with van der Waals surface area (Å²) in [4.78, 5) is 21.1. The molecule has 0 fully saturated rings. The van der Waals surface area contributed by atoms with Crippen molar-refractivity contribution < 1.29 is 14.3 Å². The van der Waals surface area contributed by atoms with Gasteiger partial charge in [0.25, 0.3) is 0 Å². The number of carbonyl (C=O) groups excluding carboxylic acids is 2. The Bertz CT molecular complexity index is 140. The van der Waals surface area contributed by atoms with E-state index in [0.29, 0.717) is 0 Å². The highest BCUT2D eigenvalue weighted by molar-refractivity contribution is 5.73. The molecular formula is C8H14O3. The molecule has 3 nitrogen and oxygen atoms in total. The Hall–Kier alpha value is -0.860. The Labute approximate surface area is 66.7 Å². The molecule has 0 saturated heterocycles. The Morgan fingerprint density at radius 2 is 2.09 bits per heavy atom. The van der Waals surface area contributed by atoms with Crippen LogP contribution in [0.1, 0.15) is 20.3 Å². The first-order chi connectivity index (χ1) is 5.11. The minimum atomic E-state index is -0.323. The van der Waals surface area contributed by atoms with Crippen LogP contribution in [0.3, 0.4) is 0 Å². The van der Waals surface area contributed by atoms with E-state index in [9.17, 15) is 9.59 Å². The lowest BCUT2D eigenvalue weighted by molar-refractivity contribution is -0.143. The van der Waals surface area contributed by atoms with E-state index in [1.54, 1.807) is 0 Å². The zero-order valence-electron chi connectivity index (χ0n) is 7.16. The molecule has 0 spiro atoms. The highest BCUT2D eigenvalue weighted by Crippen LogP contribution is 2.12. The number of hydrogen-bond acceptors (Lipinski definition) is 3. The molecule has 0 heterocycles. The highest BCUT2D eigenvalue weighted by Gasteiger charge is 2.16. The zero-order chi connectivity index (χ0) is 8.85. The average Bonchev–Trinajstić information content (AvgIpc) is 1.99. The molecule has 1 atom stereocenters. The van der Waals surface area contributed by atoms with E-state index >= 15 is 0 Å². The summed E-state index contributed by atoms with van der Waals surface area (Å²) in [6.07, 6.45) is 0.999. The van der Waals surface area contributed by atoms with Crippen molar-refractivity contribution in [3.63, 3.8) is 0 Å². The standard InChI is InChI=1S/C8H14O3/c1-6(2)7(5-9)4-8(10)11-3/h5-7H,4H2,1-3H3/t7-/m1/s1. The smallest absolute Gasteiger partial charge is 0.306 e. The van der Waals surface area contributed by atoms with Crippen molar-refractivity contribution in [3.8, 4) is 0 Å². The predicted molar refractivity (Wildman–Crippen MR) is 41.0 cm³/mol. The van der Waals surface area contributed by atoms with Crippen molar-refractivity contribution in [2.45, 2.75) is 20.3 Å². The van der Waals surface area contributed by atoms with Crippen LogP contribution in [-0.4, -0.2) is 19.4 Å².